The molecule has 0 spiro atoms. The average Bonchev–Trinajstić information content (AvgIpc) is 2.52. The molecule has 0 N–H and O–H groups in total. The van der Waals surface area contributed by atoms with E-state index in [0.29, 0.717) is 0 Å². The van der Waals surface area contributed by atoms with Crippen LogP contribution in [-0.2, 0) is 16.0 Å². The Balaban J connectivity index is 1.79. The fourth-order valence-electron chi connectivity index (χ4n) is 2.98. The number of carbonyl (C=O) groups is 1. The number of hydrogen-bond acceptors (Lipinski definition) is 3. The van der Waals surface area contributed by atoms with Crippen molar-refractivity contribution in [3.8, 4) is 5.75 Å². The van der Waals surface area contributed by atoms with E-state index in [-0.39, 0.29) is 12.6 Å². The molecule has 0 saturated heterocycles. The molecule has 0 atom stereocenters. The van der Waals surface area contributed by atoms with Crippen LogP contribution in [0, 0.1) is 11.8 Å². The SMILES string of the molecule is COC(=O)COc1cccc(CCC2CCC(C)CC2)c1. The fraction of sp³-hybridized carbons (Fsp3) is 0.611. The predicted octanol–water partition coefficient (Wildman–Crippen LogP) is 4.00. The van der Waals surface area contributed by atoms with E-state index in [2.05, 4.69) is 17.7 Å². The predicted molar refractivity (Wildman–Crippen MR) is 83.4 cm³/mol. The molecule has 0 radical (unpaired) electrons. The molecule has 116 valence electrons. The maximum atomic E-state index is 11.1. The third kappa shape index (κ3) is 5.41. The lowest BCUT2D eigenvalue weighted by molar-refractivity contribution is -0.142. The first kappa shape index (κ1) is 15.9. The topological polar surface area (TPSA) is 35.5 Å². The van der Waals surface area contributed by atoms with Crippen LogP contribution >= 0.6 is 0 Å². The average molecular weight is 290 g/mol. The Hall–Kier alpha value is -1.51. The standard InChI is InChI=1S/C18H26O3/c1-14-6-8-15(9-7-14)10-11-16-4-3-5-17(12-16)21-13-18(19)20-2/h3-5,12,14-15H,6-11,13H2,1-2H3. The van der Waals surface area contributed by atoms with Gasteiger partial charge in [0.15, 0.2) is 6.61 Å². The van der Waals surface area contributed by atoms with Crippen molar-refractivity contribution in [2.24, 2.45) is 11.8 Å². The molecule has 1 aromatic rings. The van der Waals surface area contributed by atoms with Crippen molar-refractivity contribution in [1.29, 1.82) is 0 Å². The summed E-state index contributed by atoms with van der Waals surface area (Å²) in [4.78, 5) is 11.1. The van der Waals surface area contributed by atoms with Gasteiger partial charge < -0.3 is 9.47 Å². The Labute approximate surface area is 127 Å². The monoisotopic (exact) mass is 290 g/mol. The molecule has 21 heavy (non-hydrogen) atoms. The molecule has 0 aliphatic heterocycles. The highest BCUT2D eigenvalue weighted by Gasteiger charge is 2.17. The molecule has 0 unspecified atom stereocenters. The van der Waals surface area contributed by atoms with E-state index in [1.807, 2.05) is 18.2 Å². The number of esters is 1. The van der Waals surface area contributed by atoms with Gasteiger partial charge in [-0.3, -0.25) is 0 Å². The number of methoxy groups -OCH3 is 1. The van der Waals surface area contributed by atoms with E-state index in [1.54, 1.807) is 0 Å². The van der Waals surface area contributed by atoms with Crippen LogP contribution in [0.1, 0.15) is 44.6 Å². The zero-order chi connectivity index (χ0) is 15.1. The number of hydrogen-bond donors (Lipinski definition) is 0. The second kappa shape index (κ2) is 8.06. The van der Waals surface area contributed by atoms with Gasteiger partial charge in [-0.05, 0) is 42.4 Å². The minimum atomic E-state index is -0.350. The molecular formula is C18H26O3. The highest BCUT2D eigenvalue weighted by atomic mass is 16.6. The Morgan fingerprint density at radius 1 is 1.24 bits per heavy atom. The summed E-state index contributed by atoms with van der Waals surface area (Å²) in [5.41, 5.74) is 1.29. The van der Waals surface area contributed by atoms with Gasteiger partial charge in [0.25, 0.3) is 0 Å². The number of ether oxygens (including phenoxy) is 2. The van der Waals surface area contributed by atoms with E-state index in [4.69, 9.17) is 4.74 Å². The number of rotatable bonds is 6. The number of aryl methyl sites for hydroxylation is 1. The molecule has 0 aromatic heterocycles. The van der Waals surface area contributed by atoms with Crippen molar-refractivity contribution in [1.82, 2.24) is 0 Å². The summed E-state index contributed by atoms with van der Waals surface area (Å²) in [7, 11) is 1.37. The normalized spacial score (nSPS) is 21.8. The fourth-order valence-corrected chi connectivity index (χ4v) is 2.98. The van der Waals surface area contributed by atoms with Gasteiger partial charge >= 0.3 is 5.97 Å². The van der Waals surface area contributed by atoms with Gasteiger partial charge in [-0.2, -0.15) is 0 Å². The van der Waals surface area contributed by atoms with Crippen molar-refractivity contribution < 1.29 is 14.3 Å². The number of benzene rings is 1. The summed E-state index contributed by atoms with van der Waals surface area (Å²) in [5, 5.41) is 0. The maximum absolute atomic E-state index is 11.1. The molecule has 1 aliphatic carbocycles. The molecule has 0 amide bonds. The minimum Gasteiger partial charge on any atom is -0.482 e. The largest absolute Gasteiger partial charge is 0.482 e. The quantitative estimate of drug-likeness (QED) is 0.743. The number of carbonyl (C=O) groups excluding carboxylic acids is 1. The third-order valence-corrected chi connectivity index (χ3v) is 4.46. The van der Waals surface area contributed by atoms with Crippen LogP contribution in [0.5, 0.6) is 5.75 Å². The van der Waals surface area contributed by atoms with E-state index in [0.717, 1.165) is 24.0 Å². The lowest BCUT2D eigenvalue weighted by Gasteiger charge is -2.26. The molecule has 1 saturated carbocycles. The zero-order valence-corrected chi connectivity index (χ0v) is 13.1. The Kier molecular flexibility index (Phi) is 6.09. The first-order valence-electron chi connectivity index (χ1n) is 7.96. The van der Waals surface area contributed by atoms with Crippen LogP contribution < -0.4 is 4.74 Å². The van der Waals surface area contributed by atoms with E-state index >= 15 is 0 Å². The minimum absolute atomic E-state index is 0.0273. The van der Waals surface area contributed by atoms with Crippen LogP contribution in [0.2, 0.25) is 0 Å². The highest BCUT2D eigenvalue weighted by molar-refractivity contribution is 5.70. The molecule has 0 heterocycles. The van der Waals surface area contributed by atoms with Crippen molar-refractivity contribution in [3.05, 3.63) is 29.8 Å². The molecule has 2 rings (SSSR count). The summed E-state index contributed by atoms with van der Waals surface area (Å²) in [6, 6.07) is 8.05. The Bertz CT molecular complexity index is 448. The van der Waals surface area contributed by atoms with Gasteiger partial charge in [0, 0.05) is 0 Å². The van der Waals surface area contributed by atoms with Gasteiger partial charge in [0.2, 0.25) is 0 Å². The van der Waals surface area contributed by atoms with Crippen molar-refractivity contribution in [2.75, 3.05) is 13.7 Å². The summed E-state index contributed by atoms with van der Waals surface area (Å²) in [5.74, 6) is 2.18. The van der Waals surface area contributed by atoms with Crippen LogP contribution in [-0.4, -0.2) is 19.7 Å². The molecule has 1 aliphatic rings. The zero-order valence-electron chi connectivity index (χ0n) is 13.1. The second-order valence-electron chi connectivity index (χ2n) is 6.18. The van der Waals surface area contributed by atoms with Crippen LogP contribution in [0.25, 0.3) is 0 Å². The molecule has 3 heteroatoms. The van der Waals surface area contributed by atoms with E-state index < -0.39 is 0 Å². The van der Waals surface area contributed by atoms with Crippen LogP contribution in [0.3, 0.4) is 0 Å². The first-order valence-corrected chi connectivity index (χ1v) is 7.96. The van der Waals surface area contributed by atoms with Gasteiger partial charge in [0.05, 0.1) is 7.11 Å². The molecule has 1 aromatic carbocycles. The lowest BCUT2D eigenvalue weighted by Crippen LogP contribution is -2.13. The summed E-state index contributed by atoms with van der Waals surface area (Å²) in [6.07, 6.45) is 7.86. The van der Waals surface area contributed by atoms with Crippen LogP contribution in [0.15, 0.2) is 24.3 Å². The van der Waals surface area contributed by atoms with E-state index in [1.165, 1.54) is 44.8 Å². The molecular weight excluding hydrogens is 264 g/mol. The summed E-state index contributed by atoms with van der Waals surface area (Å²) < 4.78 is 10.0. The Morgan fingerprint density at radius 3 is 2.71 bits per heavy atom. The summed E-state index contributed by atoms with van der Waals surface area (Å²) in [6.45, 7) is 2.33. The van der Waals surface area contributed by atoms with Gasteiger partial charge in [-0.25, -0.2) is 4.79 Å². The molecule has 3 nitrogen and oxygen atoms in total. The molecule has 0 bridgehead atoms. The smallest absolute Gasteiger partial charge is 0.343 e. The van der Waals surface area contributed by atoms with Gasteiger partial charge in [0.1, 0.15) is 5.75 Å². The highest BCUT2D eigenvalue weighted by Crippen LogP contribution is 2.31. The van der Waals surface area contributed by atoms with Gasteiger partial charge in [-0.15, -0.1) is 0 Å². The van der Waals surface area contributed by atoms with Crippen molar-refractivity contribution in [3.63, 3.8) is 0 Å². The van der Waals surface area contributed by atoms with Crippen molar-refractivity contribution >= 4 is 5.97 Å². The second-order valence-corrected chi connectivity index (χ2v) is 6.18. The van der Waals surface area contributed by atoms with E-state index in [9.17, 15) is 4.79 Å². The van der Waals surface area contributed by atoms with Crippen LogP contribution in [0.4, 0.5) is 0 Å². The summed E-state index contributed by atoms with van der Waals surface area (Å²) >= 11 is 0. The first-order chi connectivity index (χ1) is 10.2. The maximum Gasteiger partial charge on any atom is 0.343 e. The Morgan fingerprint density at radius 2 is 2.00 bits per heavy atom. The molecule has 1 fully saturated rings. The third-order valence-electron chi connectivity index (χ3n) is 4.46. The van der Waals surface area contributed by atoms with Gasteiger partial charge in [-0.1, -0.05) is 44.7 Å². The lowest BCUT2D eigenvalue weighted by atomic mass is 9.80. The van der Waals surface area contributed by atoms with Crippen molar-refractivity contribution in [2.45, 2.75) is 45.4 Å².